The van der Waals surface area contributed by atoms with Crippen LogP contribution < -0.4 is 5.32 Å². The Hall–Kier alpha value is -3.41. The van der Waals surface area contributed by atoms with Crippen molar-refractivity contribution in [2.45, 2.75) is 27.2 Å². The predicted molar refractivity (Wildman–Crippen MR) is 108 cm³/mol. The molecule has 1 amide bonds. The third-order valence-corrected chi connectivity index (χ3v) is 4.52. The van der Waals surface area contributed by atoms with Crippen LogP contribution in [0, 0.1) is 20.8 Å². The lowest BCUT2D eigenvalue weighted by molar-refractivity contribution is -0.146. The van der Waals surface area contributed by atoms with Crippen molar-refractivity contribution in [2.75, 3.05) is 11.9 Å². The molecule has 0 saturated heterocycles. The van der Waals surface area contributed by atoms with E-state index in [9.17, 15) is 9.59 Å². The van der Waals surface area contributed by atoms with E-state index in [0.29, 0.717) is 11.4 Å². The highest BCUT2D eigenvalue weighted by Crippen LogP contribution is 2.22. The fourth-order valence-electron chi connectivity index (χ4n) is 2.98. The number of esters is 1. The van der Waals surface area contributed by atoms with Gasteiger partial charge in [0.15, 0.2) is 6.61 Å². The Morgan fingerprint density at radius 2 is 1.68 bits per heavy atom. The molecular weight excluding hydrogens is 354 g/mol. The van der Waals surface area contributed by atoms with Crippen molar-refractivity contribution in [3.05, 3.63) is 77.1 Å². The minimum absolute atomic E-state index is 0.143. The van der Waals surface area contributed by atoms with Crippen molar-refractivity contribution in [3.63, 3.8) is 0 Å². The zero-order chi connectivity index (χ0) is 20.1. The van der Waals surface area contributed by atoms with E-state index in [1.54, 1.807) is 4.68 Å². The fraction of sp³-hybridized carbons (Fsp3) is 0.227. The van der Waals surface area contributed by atoms with Crippen LogP contribution in [0.25, 0.3) is 5.69 Å². The van der Waals surface area contributed by atoms with Crippen LogP contribution in [0.15, 0.2) is 54.6 Å². The summed E-state index contributed by atoms with van der Waals surface area (Å²) in [4.78, 5) is 24.3. The Labute approximate surface area is 164 Å². The van der Waals surface area contributed by atoms with Gasteiger partial charge in [0, 0.05) is 0 Å². The molecule has 0 aliphatic heterocycles. The minimum Gasteiger partial charge on any atom is -0.455 e. The summed E-state index contributed by atoms with van der Waals surface area (Å²) in [5.74, 6) is -0.824. The van der Waals surface area contributed by atoms with Crippen LogP contribution in [0.2, 0.25) is 0 Å². The van der Waals surface area contributed by atoms with Gasteiger partial charge in [-0.2, -0.15) is 5.10 Å². The lowest BCUT2D eigenvalue weighted by Gasteiger charge is -2.09. The van der Waals surface area contributed by atoms with E-state index < -0.39 is 11.9 Å². The molecule has 0 bridgehead atoms. The Bertz CT molecular complexity index is 994. The van der Waals surface area contributed by atoms with Crippen molar-refractivity contribution < 1.29 is 14.3 Å². The Morgan fingerprint density at radius 1 is 1.00 bits per heavy atom. The first kappa shape index (κ1) is 19.4. The van der Waals surface area contributed by atoms with E-state index in [1.165, 1.54) is 0 Å². The number of amides is 1. The van der Waals surface area contributed by atoms with Crippen LogP contribution in [0.3, 0.4) is 0 Å². The molecular formula is C22H23N3O3. The molecule has 3 rings (SSSR count). The number of benzene rings is 2. The molecule has 144 valence electrons. The van der Waals surface area contributed by atoms with E-state index in [1.807, 2.05) is 75.4 Å². The molecule has 1 heterocycles. The first-order chi connectivity index (χ1) is 13.5. The average Bonchev–Trinajstić information content (AvgIpc) is 2.97. The molecule has 28 heavy (non-hydrogen) atoms. The molecule has 0 atom stereocenters. The summed E-state index contributed by atoms with van der Waals surface area (Å²) >= 11 is 0. The summed E-state index contributed by atoms with van der Waals surface area (Å²) in [6.45, 7) is 5.31. The summed E-state index contributed by atoms with van der Waals surface area (Å²) in [5, 5.41) is 7.29. The molecule has 1 N–H and O–H groups in total. The van der Waals surface area contributed by atoms with Gasteiger partial charge < -0.3 is 10.1 Å². The van der Waals surface area contributed by atoms with Gasteiger partial charge in [-0.1, -0.05) is 42.5 Å². The zero-order valence-electron chi connectivity index (χ0n) is 16.2. The van der Waals surface area contributed by atoms with Crippen LogP contribution in [0.1, 0.15) is 22.5 Å². The van der Waals surface area contributed by atoms with E-state index in [0.717, 1.165) is 22.5 Å². The third kappa shape index (κ3) is 4.46. The third-order valence-electron chi connectivity index (χ3n) is 4.52. The number of carbonyl (C=O) groups is 2. The number of rotatable bonds is 6. The van der Waals surface area contributed by atoms with Crippen molar-refractivity contribution in [3.8, 4) is 5.69 Å². The average molecular weight is 377 g/mol. The lowest BCUT2D eigenvalue weighted by atomic mass is 10.1. The Morgan fingerprint density at radius 3 is 2.39 bits per heavy atom. The SMILES string of the molecule is Cc1ccccc1CC(=O)OCC(=O)Nc1c(C)nn(-c2ccccc2)c1C. The second kappa shape index (κ2) is 8.52. The van der Waals surface area contributed by atoms with E-state index in [-0.39, 0.29) is 13.0 Å². The van der Waals surface area contributed by atoms with Crippen LogP contribution in [0.4, 0.5) is 5.69 Å². The van der Waals surface area contributed by atoms with Crippen molar-refractivity contribution in [1.29, 1.82) is 0 Å². The Balaban J connectivity index is 1.60. The van der Waals surface area contributed by atoms with E-state index in [2.05, 4.69) is 10.4 Å². The molecule has 3 aromatic rings. The molecule has 0 spiro atoms. The number of carbonyl (C=O) groups excluding carboxylic acids is 2. The highest BCUT2D eigenvalue weighted by molar-refractivity contribution is 5.94. The van der Waals surface area contributed by atoms with Crippen LogP contribution in [-0.4, -0.2) is 28.3 Å². The monoisotopic (exact) mass is 377 g/mol. The number of hydrogen-bond acceptors (Lipinski definition) is 4. The Kier molecular flexibility index (Phi) is 5.89. The van der Waals surface area contributed by atoms with Gasteiger partial charge in [0.05, 0.1) is 29.2 Å². The number of aryl methyl sites for hydroxylation is 2. The molecule has 0 unspecified atom stereocenters. The number of nitrogens with zero attached hydrogens (tertiary/aromatic N) is 2. The number of hydrogen-bond donors (Lipinski definition) is 1. The minimum atomic E-state index is -0.433. The number of nitrogens with one attached hydrogen (secondary N) is 1. The summed E-state index contributed by atoms with van der Waals surface area (Å²) in [6.07, 6.45) is 0.143. The summed E-state index contributed by atoms with van der Waals surface area (Å²) in [7, 11) is 0. The quantitative estimate of drug-likeness (QED) is 0.667. The molecule has 0 aliphatic rings. The van der Waals surface area contributed by atoms with Crippen LogP contribution in [0.5, 0.6) is 0 Å². The number of para-hydroxylation sites is 1. The normalized spacial score (nSPS) is 10.5. The van der Waals surface area contributed by atoms with Gasteiger partial charge in [0.1, 0.15) is 0 Å². The van der Waals surface area contributed by atoms with Gasteiger partial charge in [0.25, 0.3) is 5.91 Å². The first-order valence-electron chi connectivity index (χ1n) is 9.07. The molecule has 6 nitrogen and oxygen atoms in total. The first-order valence-corrected chi connectivity index (χ1v) is 9.07. The maximum Gasteiger partial charge on any atom is 0.310 e. The molecule has 0 radical (unpaired) electrons. The predicted octanol–water partition coefficient (Wildman–Crippen LogP) is 3.52. The summed E-state index contributed by atoms with van der Waals surface area (Å²) < 4.78 is 6.90. The second-order valence-electron chi connectivity index (χ2n) is 6.61. The molecule has 0 aliphatic carbocycles. The number of anilines is 1. The highest BCUT2D eigenvalue weighted by Gasteiger charge is 2.16. The topological polar surface area (TPSA) is 73.2 Å². The van der Waals surface area contributed by atoms with Crippen molar-refractivity contribution in [2.24, 2.45) is 0 Å². The highest BCUT2D eigenvalue weighted by atomic mass is 16.5. The molecule has 1 aromatic heterocycles. The lowest BCUT2D eigenvalue weighted by Crippen LogP contribution is -2.22. The second-order valence-corrected chi connectivity index (χ2v) is 6.61. The standard InChI is InChI=1S/C22H23N3O3/c1-15-9-7-8-10-18(15)13-21(27)28-14-20(26)23-22-16(2)24-25(17(22)3)19-11-5-4-6-12-19/h4-12H,13-14H2,1-3H3,(H,23,26). The van der Waals surface area contributed by atoms with Gasteiger partial charge in [0.2, 0.25) is 0 Å². The van der Waals surface area contributed by atoms with Gasteiger partial charge in [-0.05, 0) is 44.0 Å². The summed E-state index contributed by atoms with van der Waals surface area (Å²) in [5.41, 5.74) is 4.95. The number of aromatic nitrogens is 2. The largest absolute Gasteiger partial charge is 0.455 e. The van der Waals surface area contributed by atoms with Crippen molar-refractivity contribution >= 4 is 17.6 Å². The van der Waals surface area contributed by atoms with Gasteiger partial charge >= 0.3 is 5.97 Å². The van der Waals surface area contributed by atoms with Crippen LogP contribution >= 0.6 is 0 Å². The summed E-state index contributed by atoms with van der Waals surface area (Å²) in [6, 6.07) is 17.3. The van der Waals surface area contributed by atoms with E-state index >= 15 is 0 Å². The molecule has 0 fully saturated rings. The fourth-order valence-corrected chi connectivity index (χ4v) is 2.98. The molecule has 2 aromatic carbocycles. The maximum atomic E-state index is 12.3. The molecule has 6 heteroatoms. The van der Waals surface area contributed by atoms with E-state index in [4.69, 9.17) is 4.74 Å². The smallest absolute Gasteiger partial charge is 0.310 e. The van der Waals surface area contributed by atoms with Crippen LogP contribution in [-0.2, 0) is 20.7 Å². The van der Waals surface area contributed by atoms with Gasteiger partial charge in [-0.25, -0.2) is 4.68 Å². The maximum absolute atomic E-state index is 12.3. The number of ether oxygens (including phenoxy) is 1. The molecule has 0 saturated carbocycles. The van der Waals surface area contributed by atoms with Crippen molar-refractivity contribution in [1.82, 2.24) is 9.78 Å². The van der Waals surface area contributed by atoms with Gasteiger partial charge in [-0.3, -0.25) is 9.59 Å². The van der Waals surface area contributed by atoms with Gasteiger partial charge in [-0.15, -0.1) is 0 Å². The zero-order valence-corrected chi connectivity index (χ0v) is 16.2.